The van der Waals surface area contributed by atoms with E-state index in [4.69, 9.17) is 38.5 Å². The maximum atomic E-state index is 8.88. The first-order chi connectivity index (χ1) is 5.00. The summed E-state index contributed by atoms with van der Waals surface area (Å²) in [6, 6.07) is 0. The second kappa shape index (κ2) is 24.3. The molecule has 8 nitrogen and oxygen atoms in total. The number of hydrogen-bond donors (Lipinski definition) is 8. The van der Waals surface area contributed by atoms with E-state index < -0.39 is 15.6 Å². The van der Waals surface area contributed by atoms with Gasteiger partial charge in [0.1, 0.15) is 0 Å². The Labute approximate surface area is 179 Å². The Morgan fingerprint density at radius 3 is 0.688 bits per heavy atom. The van der Waals surface area contributed by atoms with Crippen molar-refractivity contribution in [2.24, 2.45) is 0 Å². The van der Waals surface area contributed by atoms with E-state index in [1.807, 2.05) is 0 Å². The molecule has 0 aromatic heterocycles. The van der Waals surface area contributed by atoms with E-state index in [-0.39, 0.29) is 104 Å². The summed E-state index contributed by atoms with van der Waals surface area (Å²) in [6.07, 6.45) is 0. The molecule has 0 rings (SSSR count). The second-order valence-corrected chi connectivity index (χ2v) is 3.08. The van der Waals surface area contributed by atoms with Gasteiger partial charge in [-0.25, -0.2) is 9.13 Å². The minimum absolute atomic E-state index is 0. The number of hydrogen-bond acceptors (Lipinski definition) is 4. The van der Waals surface area contributed by atoms with Crippen LogP contribution in [0, 0.1) is 0 Å². The first-order valence-corrected chi connectivity index (χ1v) is 6.50. The molecule has 0 unspecified atom stereocenters. The zero-order valence-corrected chi connectivity index (χ0v) is 19.7. The molecule has 0 atom stereocenters. The van der Waals surface area contributed by atoms with Gasteiger partial charge in [-0.3, -0.25) is 0 Å². The Bertz CT molecular complexity index is 153. The van der Waals surface area contributed by atoms with Crippen molar-refractivity contribution in [3.8, 4) is 0 Å². The van der Waals surface area contributed by atoms with Crippen molar-refractivity contribution >= 4 is 39.0 Å². The van der Waals surface area contributed by atoms with E-state index in [0.29, 0.717) is 0 Å². The summed E-state index contributed by atoms with van der Waals surface area (Å²) in [7, 11) is -9.28. The van der Waals surface area contributed by atoms with Crippen molar-refractivity contribution in [2.75, 3.05) is 0 Å². The van der Waals surface area contributed by atoms with Crippen molar-refractivity contribution in [3.05, 3.63) is 0 Å². The topological polar surface area (TPSA) is 156 Å². The van der Waals surface area contributed by atoms with Crippen LogP contribution in [0.2, 0.25) is 0 Å². The third-order valence-corrected chi connectivity index (χ3v) is 0. The van der Waals surface area contributed by atoms with Gasteiger partial charge in [0.05, 0.1) is 0 Å². The predicted molar refractivity (Wildman–Crippen MR) is 48.7 cm³/mol. The minimum Gasteiger partial charge on any atom is -1.00 e. The molecule has 0 aliphatic heterocycles. The van der Waals surface area contributed by atoms with Crippen LogP contribution in [-0.2, 0) is 51.3 Å². The average Bonchev–Trinajstić information content (AvgIpc) is 1.59. The quantitative estimate of drug-likeness (QED) is 0.0704. The van der Waals surface area contributed by atoms with Crippen LogP contribution in [0.3, 0.4) is 0 Å². The summed E-state index contributed by atoms with van der Waals surface area (Å²) in [6.45, 7) is 0. The molecule has 0 aliphatic carbocycles. The number of phosphoric acid groups is 2. The van der Waals surface area contributed by atoms with Crippen LogP contribution in [0.5, 0.6) is 0 Å². The Balaban J connectivity index is -0.00000000872. The van der Waals surface area contributed by atoms with Gasteiger partial charge in [0.2, 0.25) is 0 Å². The van der Waals surface area contributed by atoms with Crippen LogP contribution in [0.4, 0.5) is 0 Å². The SMILES string of the molecule is O=P(O)(O)O.O=P(O)(O)O.SS.[H-].[H-].[Mo].[Mo].[Na+].[Na+]. The molecule has 0 fully saturated rings. The zero-order valence-electron chi connectivity index (χ0n) is 10.1. The van der Waals surface area contributed by atoms with Crippen molar-refractivity contribution in [2.45, 2.75) is 0 Å². The van der Waals surface area contributed by atoms with E-state index in [1.165, 1.54) is 0 Å². The molecule has 0 radical (unpaired) electrons. The summed E-state index contributed by atoms with van der Waals surface area (Å²) in [5, 5.41) is 0. The summed E-state index contributed by atoms with van der Waals surface area (Å²) in [4.78, 5) is 43.1. The predicted octanol–water partition coefficient (Wildman–Crippen LogP) is -6.87. The molecule has 94 valence electrons. The average molecular weight is 502 g/mol. The van der Waals surface area contributed by atoms with Gasteiger partial charge in [-0.1, -0.05) is 0 Å². The molecular weight excluding hydrogens is 492 g/mol. The van der Waals surface area contributed by atoms with Gasteiger partial charge in [-0.15, -0.1) is 23.3 Å². The fourth-order valence-electron chi connectivity index (χ4n) is 0. The molecule has 16 heavy (non-hydrogen) atoms. The molecule has 0 spiro atoms. The molecular formula is H10Mo2Na2O8P2S2. The molecule has 0 amide bonds. The standard InChI is InChI=1S/2Mo.2Na.2H3O4P.H2S2.2H/c;;;;2*1-5(2,3)4;1-2;;/h;;;;2*(H3,1,2,3,4);1-2H;;/q;;2*+1;;;;2*-1. The fraction of sp³-hybridized carbons (Fsp3) is 0. The van der Waals surface area contributed by atoms with E-state index >= 15 is 0 Å². The van der Waals surface area contributed by atoms with Crippen LogP contribution < -0.4 is 59.1 Å². The smallest absolute Gasteiger partial charge is 1.00 e. The largest absolute Gasteiger partial charge is 1.00 e. The molecule has 16 heteroatoms. The first kappa shape index (κ1) is 42.7. The van der Waals surface area contributed by atoms with E-state index in [2.05, 4.69) is 23.3 Å². The van der Waals surface area contributed by atoms with Crippen molar-refractivity contribution in [1.29, 1.82) is 0 Å². The van der Waals surface area contributed by atoms with E-state index in [0.717, 1.165) is 0 Å². The van der Waals surface area contributed by atoms with E-state index in [1.54, 1.807) is 0 Å². The van der Waals surface area contributed by atoms with Crippen molar-refractivity contribution in [1.82, 2.24) is 0 Å². The van der Waals surface area contributed by atoms with Gasteiger partial charge in [-0.05, 0) is 0 Å². The zero-order chi connectivity index (χ0) is 11.0. The summed E-state index contributed by atoms with van der Waals surface area (Å²) in [5.74, 6) is 0. The third kappa shape index (κ3) is 297. The van der Waals surface area contributed by atoms with Gasteiger partial charge < -0.3 is 32.2 Å². The summed E-state index contributed by atoms with van der Waals surface area (Å²) in [5.41, 5.74) is 0. The van der Waals surface area contributed by atoms with Crippen LogP contribution in [0.15, 0.2) is 0 Å². The number of rotatable bonds is 0. The molecule has 0 bridgehead atoms. The third-order valence-electron chi connectivity index (χ3n) is 0. The molecule has 0 saturated heterocycles. The Hall–Kier alpha value is 4.30. The Kier molecular flexibility index (Phi) is 65.0. The van der Waals surface area contributed by atoms with Crippen molar-refractivity contribution in [3.63, 3.8) is 0 Å². The maximum Gasteiger partial charge on any atom is 1.00 e. The van der Waals surface area contributed by atoms with Crippen LogP contribution in [0.1, 0.15) is 2.85 Å². The Morgan fingerprint density at radius 1 is 0.688 bits per heavy atom. The van der Waals surface area contributed by atoms with Crippen LogP contribution >= 0.6 is 39.0 Å². The molecule has 0 aromatic rings. The second-order valence-electron chi connectivity index (χ2n) is 1.03. The number of thiol groups is 2. The Morgan fingerprint density at radius 2 is 0.688 bits per heavy atom. The van der Waals surface area contributed by atoms with Gasteiger partial charge >= 0.3 is 74.8 Å². The molecule has 0 heterocycles. The minimum atomic E-state index is -4.64. The first-order valence-electron chi connectivity index (χ1n) is 1.77. The van der Waals surface area contributed by atoms with Gasteiger partial charge in [0, 0.05) is 42.1 Å². The maximum absolute atomic E-state index is 8.88. The molecule has 0 aromatic carbocycles. The van der Waals surface area contributed by atoms with E-state index in [9.17, 15) is 0 Å². The molecule has 0 saturated carbocycles. The fourth-order valence-corrected chi connectivity index (χ4v) is 0. The van der Waals surface area contributed by atoms with Crippen LogP contribution in [-0.4, -0.2) is 29.4 Å². The van der Waals surface area contributed by atoms with Gasteiger partial charge in [0.15, 0.2) is 0 Å². The normalized spacial score (nSPS) is 7.75. The molecule has 0 aliphatic rings. The summed E-state index contributed by atoms with van der Waals surface area (Å²) >= 11 is 6.44. The van der Waals surface area contributed by atoms with Gasteiger partial charge in [-0.2, -0.15) is 0 Å². The summed E-state index contributed by atoms with van der Waals surface area (Å²) < 4.78 is 17.8. The van der Waals surface area contributed by atoms with Crippen molar-refractivity contribution < 1.29 is 143 Å². The van der Waals surface area contributed by atoms with Gasteiger partial charge in [0.25, 0.3) is 0 Å². The molecule has 6 N–H and O–H groups in total. The van der Waals surface area contributed by atoms with Crippen LogP contribution in [0.25, 0.3) is 0 Å². The monoisotopic (exact) mass is 506 g/mol.